The molecule has 0 unspecified atom stereocenters. The number of nitrogens with zero attached hydrogens (tertiary/aromatic N) is 4. The minimum absolute atomic E-state index is 0.0604. The van der Waals surface area contributed by atoms with Gasteiger partial charge in [0.2, 0.25) is 5.90 Å². The first kappa shape index (κ1) is 24.2. The van der Waals surface area contributed by atoms with Crippen LogP contribution < -0.4 is 14.7 Å². The van der Waals surface area contributed by atoms with Crippen molar-refractivity contribution in [2.24, 2.45) is 4.99 Å². The molecule has 1 fully saturated rings. The number of piperidine rings is 1. The summed E-state index contributed by atoms with van der Waals surface area (Å²) in [6.07, 6.45) is 3.06. The van der Waals surface area contributed by atoms with E-state index in [4.69, 9.17) is 9.57 Å². The van der Waals surface area contributed by atoms with Gasteiger partial charge in [0.1, 0.15) is 12.4 Å². The first-order valence-corrected chi connectivity index (χ1v) is 13.9. The van der Waals surface area contributed by atoms with Gasteiger partial charge >= 0.3 is 0 Å². The van der Waals surface area contributed by atoms with Crippen LogP contribution in [0.5, 0.6) is 5.75 Å². The number of aliphatic imine (C=N–C) groups is 1. The molecule has 3 aromatic rings. The average molecular weight is 523 g/mol. The molecule has 200 valence electrons. The van der Waals surface area contributed by atoms with Gasteiger partial charge in [-0.05, 0) is 105 Å². The number of hydroxylamine groups is 1. The van der Waals surface area contributed by atoms with Gasteiger partial charge < -0.3 is 19.4 Å². The highest BCUT2D eigenvalue weighted by Gasteiger charge is 2.44. The molecule has 7 nitrogen and oxygen atoms in total. The summed E-state index contributed by atoms with van der Waals surface area (Å²) in [6, 6.07) is 18.8. The quantitative estimate of drug-likeness (QED) is 0.464. The van der Waals surface area contributed by atoms with Gasteiger partial charge in [0.25, 0.3) is 5.91 Å². The zero-order valence-corrected chi connectivity index (χ0v) is 22.9. The van der Waals surface area contributed by atoms with Gasteiger partial charge in [0.05, 0.1) is 12.3 Å². The van der Waals surface area contributed by atoms with E-state index in [1.807, 2.05) is 24.0 Å². The number of amides is 1. The Balaban J connectivity index is 1.12. The molecule has 0 atom stereocenters. The number of carbonyl (C=O) groups is 1. The zero-order valence-electron chi connectivity index (χ0n) is 22.9. The molecule has 0 aliphatic carbocycles. The van der Waals surface area contributed by atoms with E-state index >= 15 is 0 Å². The molecule has 7 rings (SSSR count). The van der Waals surface area contributed by atoms with Gasteiger partial charge in [-0.25, -0.2) is 4.99 Å². The normalized spacial score (nSPS) is 19.5. The number of anilines is 2. The van der Waals surface area contributed by atoms with Crippen molar-refractivity contribution >= 4 is 23.2 Å². The van der Waals surface area contributed by atoms with Crippen molar-refractivity contribution in [2.45, 2.75) is 38.5 Å². The molecule has 39 heavy (non-hydrogen) atoms. The van der Waals surface area contributed by atoms with E-state index in [0.29, 0.717) is 24.7 Å². The van der Waals surface area contributed by atoms with Crippen LogP contribution >= 0.6 is 0 Å². The van der Waals surface area contributed by atoms with Crippen LogP contribution in [0.15, 0.2) is 59.6 Å². The maximum absolute atomic E-state index is 13.7. The van der Waals surface area contributed by atoms with Crippen LogP contribution in [0.4, 0.5) is 11.4 Å². The number of hydrogen-bond donors (Lipinski definition) is 0. The monoisotopic (exact) mass is 522 g/mol. The summed E-state index contributed by atoms with van der Waals surface area (Å²) >= 11 is 0. The third kappa shape index (κ3) is 4.07. The minimum Gasteiger partial charge on any atom is -0.492 e. The Kier molecular flexibility index (Phi) is 5.67. The van der Waals surface area contributed by atoms with Crippen molar-refractivity contribution in [3.8, 4) is 16.9 Å². The molecule has 0 N–H and O–H groups in total. The third-order valence-electron chi connectivity index (χ3n) is 8.95. The molecular weight excluding hydrogens is 488 g/mol. The molecular formula is C32H34N4O3. The molecule has 1 amide bonds. The van der Waals surface area contributed by atoms with E-state index in [9.17, 15) is 4.79 Å². The highest BCUT2D eigenvalue weighted by Crippen LogP contribution is 2.49. The molecule has 0 radical (unpaired) electrons. The highest BCUT2D eigenvalue weighted by atomic mass is 16.7. The van der Waals surface area contributed by atoms with Crippen molar-refractivity contribution in [3.63, 3.8) is 0 Å². The first-order valence-electron chi connectivity index (χ1n) is 13.9. The van der Waals surface area contributed by atoms with E-state index < -0.39 is 0 Å². The van der Waals surface area contributed by atoms with Crippen molar-refractivity contribution in [2.75, 3.05) is 49.9 Å². The molecule has 0 saturated carbocycles. The van der Waals surface area contributed by atoms with Crippen LogP contribution in [0, 0.1) is 6.92 Å². The molecule has 4 aliphatic heterocycles. The topological polar surface area (TPSA) is 57.6 Å². The van der Waals surface area contributed by atoms with Crippen LogP contribution in [0.1, 0.15) is 46.8 Å². The molecule has 4 heterocycles. The third-order valence-corrected chi connectivity index (χ3v) is 8.95. The minimum atomic E-state index is 0.0604. The van der Waals surface area contributed by atoms with Gasteiger partial charge in [-0.1, -0.05) is 18.2 Å². The fourth-order valence-electron chi connectivity index (χ4n) is 6.50. The largest absolute Gasteiger partial charge is 0.492 e. The number of benzene rings is 3. The molecule has 3 aromatic carbocycles. The average Bonchev–Trinajstić information content (AvgIpc) is 3.66. The van der Waals surface area contributed by atoms with Gasteiger partial charge in [0, 0.05) is 35.7 Å². The van der Waals surface area contributed by atoms with Gasteiger partial charge in [-0.15, -0.1) is 0 Å². The highest BCUT2D eigenvalue weighted by molar-refractivity contribution is 6.07. The number of carbonyl (C=O) groups excluding carboxylic acids is 1. The SMILES string of the molecule is CC1=NCN(c2ccc(-c3ccc(C(=O)N4CCc5cc6c(cc54)C4(CCN(C)CC4)CO6)cc3)c(C)c2)O1. The Morgan fingerprint density at radius 2 is 1.77 bits per heavy atom. The summed E-state index contributed by atoms with van der Waals surface area (Å²) in [5, 5.41) is 1.79. The van der Waals surface area contributed by atoms with Crippen molar-refractivity contribution < 1.29 is 14.4 Å². The number of aryl methyl sites for hydroxylation is 1. The lowest BCUT2D eigenvalue weighted by Gasteiger charge is -2.37. The predicted octanol–water partition coefficient (Wildman–Crippen LogP) is 5.35. The zero-order chi connectivity index (χ0) is 26.7. The Hall–Kier alpha value is -3.84. The maximum atomic E-state index is 13.7. The molecule has 1 spiro atoms. The first-order chi connectivity index (χ1) is 18.9. The number of fused-ring (bicyclic) bond motifs is 3. The lowest BCUT2D eigenvalue weighted by Crippen LogP contribution is -2.42. The summed E-state index contributed by atoms with van der Waals surface area (Å²) in [6.45, 7) is 8.09. The van der Waals surface area contributed by atoms with Crippen LogP contribution in [0.2, 0.25) is 0 Å². The van der Waals surface area contributed by atoms with Gasteiger partial charge in [-0.2, -0.15) is 5.06 Å². The van der Waals surface area contributed by atoms with Crippen molar-refractivity contribution in [3.05, 3.63) is 76.9 Å². The lowest BCUT2D eigenvalue weighted by molar-refractivity contribution is 0.0989. The van der Waals surface area contributed by atoms with E-state index in [1.54, 1.807) is 5.06 Å². The standard InChI is InChI=1S/C32H34N4O3/c1-21-16-26(36-20-33-22(2)39-36)8-9-27(21)23-4-6-24(7-5-23)31(37)35-13-10-25-17-30-28(18-29(25)35)32(19-38-30)11-14-34(3)15-12-32/h4-9,16-18H,10-15,19-20H2,1-3H3. The predicted molar refractivity (Wildman–Crippen MR) is 154 cm³/mol. The molecule has 4 aliphatic rings. The van der Waals surface area contributed by atoms with Crippen LogP contribution in [-0.2, 0) is 16.7 Å². The van der Waals surface area contributed by atoms with Gasteiger partial charge in [-0.3, -0.25) is 4.79 Å². The van der Waals surface area contributed by atoms with Crippen LogP contribution in [0.3, 0.4) is 0 Å². The van der Waals surface area contributed by atoms with Crippen LogP contribution in [-0.4, -0.2) is 56.7 Å². The van der Waals surface area contributed by atoms with E-state index in [1.165, 1.54) is 11.1 Å². The Morgan fingerprint density at radius 3 is 2.49 bits per heavy atom. The number of ether oxygens (including phenoxy) is 1. The lowest BCUT2D eigenvalue weighted by atomic mass is 9.74. The number of likely N-dealkylation sites (tertiary alicyclic amines) is 1. The Labute approximate surface area is 229 Å². The Bertz CT molecular complexity index is 1490. The summed E-state index contributed by atoms with van der Waals surface area (Å²) in [5.74, 6) is 1.76. The Morgan fingerprint density at radius 1 is 0.974 bits per heavy atom. The van der Waals surface area contributed by atoms with Crippen LogP contribution in [0.25, 0.3) is 11.1 Å². The summed E-state index contributed by atoms with van der Waals surface area (Å²) in [4.78, 5) is 28.0. The van der Waals surface area contributed by atoms with Gasteiger partial charge in [0.15, 0.2) is 0 Å². The molecule has 0 aromatic heterocycles. The van der Waals surface area contributed by atoms with Crippen molar-refractivity contribution in [1.29, 1.82) is 0 Å². The molecule has 0 bridgehead atoms. The van der Waals surface area contributed by atoms with E-state index in [-0.39, 0.29) is 11.3 Å². The number of rotatable bonds is 3. The second kappa shape index (κ2) is 9.12. The maximum Gasteiger partial charge on any atom is 0.258 e. The smallest absolute Gasteiger partial charge is 0.258 e. The fourth-order valence-corrected chi connectivity index (χ4v) is 6.50. The molecule has 7 heteroatoms. The molecule has 1 saturated heterocycles. The van der Waals surface area contributed by atoms with Crippen molar-refractivity contribution in [1.82, 2.24) is 4.90 Å². The van der Waals surface area contributed by atoms with E-state index in [0.717, 1.165) is 72.8 Å². The summed E-state index contributed by atoms with van der Waals surface area (Å²) < 4.78 is 6.20. The number of hydrogen-bond acceptors (Lipinski definition) is 6. The summed E-state index contributed by atoms with van der Waals surface area (Å²) in [5.41, 5.74) is 8.71. The second-order valence-corrected chi connectivity index (χ2v) is 11.4. The van der Waals surface area contributed by atoms with E-state index in [2.05, 4.69) is 66.3 Å². The fraction of sp³-hybridized carbons (Fsp3) is 0.375. The second-order valence-electron chi connectivity index (χ2n) is 11.4. The summed E-state index contributed by atoms with van der Waals surface area (Å²) in [7, 11) is 2.19.